The molecule has 0 aromatic heterocycles. The van der Waals surface area contributed by atoms with Crippen molar-refractivity contribution in [1.29, 1.82) is 0 Å². The van der Waals surface area contributed by atoms with Gasteiger partial charge < -0.3 is 14.6 Å². The highest BCUT2D eigenvalue weighted by Crippen LogP contribution is 2.12. The summed E-state index contributed by atoms with van der Waals surface area (Å²) in [5.74, 6) is 0.858. The fraction of sp³-hybridized carbons (Fsp3) is 0.467. The molecule has 1 unspecified atom stereocenters. The fourth-order valence-corrected chi connectivity index (χ4v) is 1.59. The summed E-state index contributed by atoms with van der Waals surface area (Å²) in [5.41, 5.74) is 1.14. The Balaban J connectivity index is 2.08. The van der Waals surface area contributed by atoms with E-state index in [4.69, 9.17) is 9.47 Å². The highest BCUT2D eigenvalue weighted by Gasteiger charge is 1.98. The summed E-state index contributed by atoms with van der Waals surface area (Å²) in [6.07, 6.45) is 3.86. The molecule has 0 bridgehead atoms. The third-order valence-corrected chi connectivity index (χ3v) is 2.74. The van der Waals surface area contributed by atoms with Crippen LogP contribution in [0.1, 0.15) is 24.8 Å². The minimum Gasteiger partial charge on any atom is -0.497 e. The van der Waals surface area contributed by atoms with Gasteiger partial charge in [0, 0.05) is 6.61 Å². The second-order valence-corrected chi connectivity index (χ2v) is 4.20. The zero-order valence-corrected chi connectivity index (χ0v) is 11.0. The highest BCUT2D eigenvalue weighted by molar-refractivity contribution is 5.26. The van der Waals surface area contributed by atoms with Crippen LogP contribution in [0.4, 0.5) is 0 Å². The molecule has 0 fully saturated rings. The highest BCUT2D eigenvalue weighted by atomic mass is 16.5. The minimum absolute atomic E-state index is 0.383. The van der Waals surface area contributed by atoms with Gasteiger partial charge in [-0.05, 0) is 37.0 Å². The van der Waals surface area contributed by atoms with Gasteiger partial charge in [-0.2, -0.15) is 0 Å². The number of rotatable bonds is 9. The predicted molar refractivity (Wildman–Crippen MR) is 72.7 cm³/mol. The van der Waals surface area contributed by atoms with Crippen molar-refractivity contribution < 1.29 is 14.6 Å². The van der Waals surface area contributed by atoms with Crippen LogP contribution in [0, 0.1) is 0 Å². The Labute approximate surface area is 109 Å². The molecule has 1 rings (SSSR count). The van der Waals surface area contributed by atoms with E-state index in [1.807, 2.05) is 24.3 Å². The van der Waals surface area contributed by atoms with Crippen molar-refractivity contribution in [2.45, 2.75) is 32.0 Å². The molecule has 0 aliphatic carbocycles. The molecule has 1 aromatic rings. The first-order valence-corrected chi connectivity index (χ1v) is 6.27. The molecule has 0 spiro atoms. The van der Waals surface area contributed by atoms with Gasteiger partial charge in [0.25, 0.3) is 0 Å². The smallest absolute Gasteiger partial charge is 0.118 e. The fourth-order valence-electron chi connectivity index (χ4n) is 1.59. The van der Waals surface area contributed by atoms with Crippen LogP contribution in [0.15, 0.2) is 36.9 Å². The maximum Gasteiger partial charge on any atom is 0.118 e. The molecule has 0 heterocycles. The Hall–Kier alpha value is -1.32. The SMILES string of the molecule is C=CC(O)CCCCOCc1ccc(OC)cc1. The molecule has 0 saturated heterocycles. The summed E-state index contributed by atoms with van der Waals surface area (Å²) < 4.78 is 10.6. The Kier molecular flexibility index (Phi) is 7.14. The first-order valence-electron chi connectivity index (χ1n) is 6.27. The number of hydrogen-bond donors (Lipinski definition) is 1. The zero-order valence-electron chi connectivity index (χ0n) is 11.0. The summed E-state index contributed by atoms with van der Waals surface area (Å²) in [6.45, 7) is 4.88. The lowest BCUT2D eigenvalue weighted by atomic mass is 10.1. The van der Waals surface area contributed by atoms with Crippen LogP contribution < -0.4 is 4.74 Å². The molecule has 1 N–H and O–H groups in total. The Morgan fingerprint density at radius 2 is 2.00 bits per heavy atom. The van der Waals surface area contributed by atoms with Crippen LogP contribution in [0.5, 0.6) is 5.75 Å². The molecular weight excluding hydrogens is 228 g/mol. The van der Waals surface area contributed by atoms with Gasteiger partial charge in [0.05, 0.1) is 19.8 Å². The molecule has 18 heavy (non-hydrogen) atoms. The number of unbranched alkanes of at least 4 members (excludes halogenated alkanes) is 1. The monoisotopic (exact) mass is 250 g/mol. The summed E-state index contributed by atoms with van der Waals surface area (Å²) in [4.78, 5) is 0. The van der Waals surface area contributed by atoms with Crippen molar-refractivity contribution >= 4 is 0 Å². The number of methoxy groups -OCH3 is 1. The normalized spacial score (nSPS) is 12.1. The second kappa shape index (κ2) is 8.72. The van der Waals surface area contributed by atoms with E-state index in [0.29, 0.717) is 6.61 Å². The predicted octanol–water partition coefficient (Wildman–Crippen LogP) is 2.93. The zero-order chi connectivity index (χ0) is 13.2. The van der Waals surface area contributed by atoms with Crippen LogP contribution in [0.3, 0.4) is 0 Å². The molecule has 0 aliphatic heterocycles. The Morgan fingerprint density at radius 3 is 2.61 bits per heavy atom. The van der Waals surface area contributed by atoms with Crippen molar-refractivity contribution in [2.75, 3.05) is 13.7 Å². The first kappa shape index (κ1) is 14.7. The van der Waals surface area contributed by atoms with Crippen molar-refractivity contribution in [2.24, 2.45) is 0 Å². The van der Waals surface area contributed by atoms with E-state index in [1.54, 1.807) is 13.2 Å². The number of aliphatic hydroxyl groups excluding tert-OH is 1. The third-order valence-electron chi connectivity index (χ3n) is 2.74. The maximum absolute atomic E-state index is 9.27. The average molecular weight is 250 g/mol. The van der Waals surface area contributed by atoms with Crippen LogP contribution in [0.2, 0.25) is 0 Å². The van der Waals surface area contributed by atoms with E-state index in [2.05, 4.69) is 6.58 Å². The van der Waals surface area contributed by atoms with E-state index < -0.39 is 0 Å². The summed E-state index contributed by atoms with van der Waals surface area (Å²) in [7, 11) is 1.66. The first-order chi connectivity index (χ1) is 8.76. The molecule has 1 aromatic carbocycles. The van der Waals surface area contributed by atoms with Crippen LogP contribution >= 0.6 is 0 Å². The summed E-state index contributed by atoms with van der Waals surface area (Å²) in [6, 6.07) is 7.86. The Morgan fingerprint density at radius 1 is 1.28 bits per heavy atom. The van der Waals surface area contributed by atoms with Crippen molar-refractivity contribution in [3.63, 3.8) is 0 Å². The number of benzene rings is 1. The molecule has 0 saturated carbocycles. The molecule has 0 radical (unpaired) electrons. The van der Waals surface area contributed by atoms with E-state index in [0.717, 1.165) is 37.2 Å². The van der Waals surface area contributed by atoms with Gasteiger partial charge in [0.15, 0.2) is 0 Å². The lowest BCUT2D eigenvalue weighted by Gasteiger charge is -2.07. The molecule has 3 nitrogen and oxygen atoms in total. The minimum atomic E-state index is -0.383. The van der Waals surface area contributed by atoms with Gasteiger partial charge in [-0.3, -0.25) is 0 Å². The van der Waals surface area contributed by atoms with E-state index in [9.17, 15) is 5.11 Å². The molecule has 3 heteroatoms. The lowest BCUT2D eigenvalue weighted by Crippen LogP contribution is -2.02. The van der Waals surface area contributed by atoms with Gasteiger partial charge in [0.1, 0.15) is 5.75 Å². The maximum atomic E-state index is 9.27. The van der Waals surface area contributed by atoms with Crippen molar-refractivity contribution in [1.82, 2.24) is 0 Å². The van der Waals surface area contributed by atoms with Gasteiger partial charge >= 0.3 is 0 Å². The molecule has 0 aliphatic rings. The molecular formula is C15H22O3. The largest absolute Gasteiger partial charge is 0.497 e. The standard InChI is InChI=1S/C15H22O3/c1-3-14(16)6-4-5-11-18-12-13-7-9-15(17-2)10-8-13/h3,7-10,14,16H,1,4-6,11-12H2,2H3. The van der Waals surface area contributed by atoms with E-state index >= 15 is 0 Å². The third kappa shape index (κ3) is 5.84. The molecule has 0 amide bonds. The van der Waals surface area contributed by atoms with E-state index in [1.165, 1.54) is 0 Å². The number of hydrogen-bond acceptors (Lipinski definition) is 3. The summed E-state index contributed by atoms with van der Waals surface area (Å²) in [5, 5.41) is 9.27. The average Bonchev–Trinajstić information content (AvgIpc) is 2.43. The van der Waals surface area contributed by atoms with Crippen LogP contribution in [-0.2, 0) is 11.3 Å². The topological polar surface area (TPSA) is 38.7 Å². The van der Waals surface area contributed by atoms with Gasteiger partial charge in [-0.15, -0.1) is 6.58 Å². The Bertz CT molecular complexity index is 332. The van der Waals surface area contributed by atoms with Crippen molar-refractivity contribution in [3.8, 4) is 5.75 Å². The van der Waals surface area contributed by atoms with Crippen LogP contribution in [0.25, 0.3) is 0 Å². The van der Waals surface area contributed by atoms with Gasteiger partial charge in [-0.1, -0.05) is 18.2 Å². The van der Waals surface area contributed by atoms with Gasteiger partial charge in [0.2, 0.25) is 0 Å². The molecule has 100 valence electrons. The second-order valence-electron chi connectivity index (χ2n) is 4.20. The number of ether oxygens (including phenoxy) is 2. The van der Waals surface area contributed by atoms with Crippen molar-refractivity contribution in [3.05, 3.63) is 42.5 Å². The quantitative estimate of drug-likeness (QED) is 0.541. The molecule has 1 atom stereocenters. The summed E-state index contributed by atoms with van der Waals surface area (Å²) >= 11 is 0. The number of aliphatic hydroxyl groups is 1. The van der Waals surface area contributed by atoms with Crippen LogP contribution in [-0.4, -0.2) is 24.9 Å². The van der Waals surface area contributed by atoms with Gasteiger partial charge in [-0.25, -0.2) is 0 Å². The van der Waals surface area contributed by atoms with E-state index in [-0.39, 0.29) is 6.10 Å². The lowest BCUT2D eigenvalue weighted by molar-refractivity contribution is 0.113.